The Hall–Kier alpha value is -1.10. The third-order valence-corrected chi connectivity index (χ3v) is 3.38. The molecule has 3 N–H and O–H groups in total. The van der Waals surface area contributed by atoms with Crippen LogP contribution in [0.2, 0.25) is 0 Å². The SMILES string of the molecule is CCC(O)CNC(=O)CCNC(=O)C1CCCC1. The van der Waals surface area contributed by atoms with Crippen LogP contribution in [-0.2, 0) is 9.59 Å². The van der Waals surface area contributed by atoms with E-state index in [4.69, 9.17) is 0 Å². The maximum atomic E-state index is 11.7. The summed E-state index contributed by atoms with van der Waals surface area (Å²) >= 11 is 0. The van der Waals surface area contributed by atoms with Crippen molar-refractivity contribution < 1.29 is 14.7 Å². The fourth-order valence-corrected chi connectivity index (χ4v) is 2.10. The maximum Gasteiger partial charge on any atom is 0.223 e. The first-order chi connectivity index (χ1) is 8.63. The molecule has 1 saturated carbocycles. The number of nitrogens with one attached hydrogen (secondary N) is 2. The summed E-state index contributed by atoms with van der Waals surface area (Å²) in [6, 6.07) is 0. The molecule has 104 valence electrons. The lowest BCUT2D eigenvalue weighted by atomic mass is 10.1. The lowest BCUT2D eigenvalue weighted by Crippen LogP contribution is -2.36. The van der Waals surface area contributed by atoms with E-state index >= 15 is 0 Å². The van der Waals surface area contributed by atoms with Crippen LogP contribution in [0.4, 0.5) is 0 Å². The number of aliphatic hydroxyl groups is 1. The van der Waals surface area contributed by atoms with Crippen LogP contribution in [0.15, 0.2) is 0 Å². The Morgan fingerprint density at radius 3 is 2.56 bits per heavy atom. The van der Waals surface area contributed by atoms with E-state index in [0.29, 0.717) is 13.0 Å². The molecule has 5 nitrogen and oxygen atoms in total. The second-order valence-electron chi connectivity index (χ2n) is 4.89. The second kappa shape index (κ2) is 8.08. The molecule has 0 bridgehead atoms. The van der Waals surface area contributed by atoms with Gasteiger partial charge in [0.1, 0.15) is 0 Å². The topological polar surface area (TPSA) is 78.4 Å². The highest BCUT2D eigenvalue weighted by atomic mass is 16.3. The van der Waals surface area contributed by atoms with Crippen molar-refractivity contribution in [3.8, 4) is 0 Å². The molecule has 2 amide bonds. The van der Waals surface area contributed by atoms with Gasteiger partial charge in [-0.2, -0.15) is 0 Å². The van der Waals surface area contributed by atoms with Crippen molar-refractivity contribution >= 4 is 11.8 Å². The quantitative estimate of drug-likeness (QED) is 0.623. The largest absolute Gasteiger partial charge is 0.391 e. The van der Waals surface area contributed by atoms with Gasteiger partial charge in [0.05, 0.1) is 6.10 Å². The van der Waals surface area contributed by atoms with Gasteiger partial charge in [-0.05, 0) is 19.3 Å². The molecule has 5 heteroatoms. The number of rotatable bonds is 7. The lowest BCUT2D eigenvalue weighted by molar-refractivity contribution is -0.125. The van der Waals surface area contributed by atoms with E-state index in [-0.39, 0.29) is 30.7 Å². The van der Waals surface area contributed by atoms with E-state index in [9.17, 15) is 14.7 Å². The van der Waals surface area contributed by atoms with Gasteiger partial charge < -0.3 is 15.7 Å². The average molecular weight is 256 g/mol. The Morgan fingerprint density at radius 1 is 1.28 bits per heavy atom. The van der Waals surface area contributed by atoms with Crippen LogP contribution >= 0.6 is 0 Å². The van der Waals surface area contributed by atoms with Crippen LogP contribution in [0.1, 0.15) is 45.4 Å². The first kappa shape index (κ1) is 15.0. The van der Waals surface area contributed by atoms with Crippen LogP contribution in [0.5, 0.6) is 0 Å². The zero-order chi connectivity index (χ0) is 13.4. The van der Waals surface area contributed by atoms with Crippen molar-refractivity contribution in [3.05, 3.63) is 0 Å². The Labute approximate surface area is 108 Å². The lowest BCUT2D eigenvalue weighted by Gasteiger charge is -2.11. The molecular weight excluding hydrogens is 232 g/mol. The number of carbonyl (C=O) groups is 2. The Balaban J connectivity index is 2.06. The van der Waals surface area contributed by atoms with E-state index in [1.165, 1.54) is 0 Å². The molecule has 1 atom stereocenters. The van der Waals surface area contributed by atoms with Crippen LogP contribution in [-0.4, -0.2) is 36.1 Å². The summed E-state index contributed by atoms with van der Waals surface area (Å²) in [5.41, 5.74) is 0. The highest BCUT2D eigenvalue weighted by molar-refractivity contribution is 5.80. The van der Waals surface area contributed by atoms with E-state index in [1.54, 1.807) is 0 Å². The molecule has 1 aliphatic rings. The zero-order valence-electron chi connectivity index (χ0n) is 11.1. The first-order valence-electron chi connectivity index (χ1n) is 6.86. The first-order valence-corrected chi connectivity index (χ1v) is 6.86. The minimum Gasteiger partial charge on any atom is -0.391 e. The predicted octanol–water partition coefficient (Wildman–Crippen LogP) is 0.570. The molecule has 0 heterocycles. The molecule has 1 rings (SSSR count). The monoisotopic (exact) mass is 256 g/mol. The molecule has 0 aromatic carbocycles. The summed E-state index contributed by atoms with van der Waals surface area (Å²) in [5.74, 6) is 0.0955. The second-order valence-corrected chi connectivity index (χ2v) is 4.89. The number of amides is 2. The molecule has 1 fully saturated rings. The molecule has 1 aliphatic carbocycles. The van der Waals surface area contributed by atoms with E-state index in [2.05, 4.69) is 10.6 Å². The summed E-state index contributed by atoms with van der Waals surface area (Å²) in [4.78, 5) is 23.0. The minimum atomic E-state index is -0.484. The summed E-state index contributed by atoms with van der Waals surface area (Å²) in [6.45, 7) is 2.52. The molecule has 0 aromatic heterocycles. The molecule has 18 heavy (non-hydrogen) atoms. The van der Waals surface area contributed by atoms with Gasteiger partial charge in [0, 0.05) is 25.4 Å². The number of carbonyl (C=O) groups excluding carboxylic acids is 2. The van der Waals surface area contributed by atoms with E-state index in [1.807, 2.05) is 6.92 Å². The zero-order valence-corrected chi connectivity index (χ0v) is 11.1. The van der Waals surface area contributed by atoms with Gasteiger partial charge in [-0.25, -0.2) is 0 Å². The summed E-state index contributed by atoms with van der Waals surface area (Å²) in [5, 5.41) is 14.7. The minimum absolute atomic E-state index is 0.0777. The van der Waals surface area contributed by atoms with Gasteiger partial charge in [-0.15, -0.1) is 0 Å². The average Bonchev–Trinajstić information content (AvgIpc) is 2.89. The van der Waals surface area contributed by atoms with Crippen molar-refractivity contribution in [1.82, 2.24) is 10.6 Å². The Morgan fingerprint density at radius 2 is 1.94 bits per heavy atom. The smallest absolute Gasteiger partial charge is 0.223 e. The van der Waals surface area contributed by atoms with Gasteiger partial charge in [0.25, 0.3) is 0 Å². The summed E-state index contributed by atoms with van der Waals surface area (Å²) in [7, 11) is 0. The predicted molar refractivity (Wildman–Crippen MR) is 68.9 cm³/mol. The fourth-order valence-electron chi connectivity index (χ4n) is 2.10. The van der Waals surface area contributed by atoms with E-state index < -0.39 is 6.10 Å². The highest BCUT2D eigenvalue weighted by Crippen LogP contribution is 2.24. The molecule has 0 radical (unpaired) electrons. The van der Waals surface area contributed by atoms with Crippen molar-refractivity contribution in [2.24, 2.45) is 5.92 Å². The van der Waals surface area contributed by atoms with E-state index in [0.717, 1.165) is 25.7 Å². The van der Waals surface area contributed by atoms with Gasteiger partial charge in [-0.1, -0.05) is 19.8 Å². The van der Waals surface area contributed by atoms with Crippen molar-refractivity contribution in [3.63, 3.8) is 0 Å². The number of aliphatic hydroxyl groups excluding tert-OH is 1. The molecular formula is C13H24N2O3. The molecule has 0 aliphatic heterocycles. The van der Waals surface area contributed by atoms with Crippen LogP contribution in [0.25, 0.3) is 0 Å². The van der Waals surface area contributed by atoms with Crippen LogP contribution in [0.3, 0.4) is 0 Å². The van der Waals surface area contributed by atoms with Gasteiger partial charge in [-0.3, -0.25) is 9.59 Å². The van der Waals surface area contributed by atoms with Crippen molar-refractivity contribution in [2.75, 3.05) is 13.1 Å². The van der Waals surface area contributed by atoms with Gasteiger partial charge in [0.2, 0.25) is 11.8 Å². The highest BCUT2D eigenvalue weighted by Gasteiger charge is 2.22. The molecule has 0 saturated heterocycles. The molecule has 1 unspecified atom stereocenters. The Kier molecular flexibility index (Phi) is 6.72. The van der Waals surface area contributed by atoms with Crippen LogP contribution < -0.4 is 10.6 Å². The van der Waals surface area contributed by atoms with Crippen molar-refractivity contribution in [1.29, 1.82) is 0 Å². The van der Waals surface area contributed by atoms with Crippen molar-refractivity contribution in [2.45, 2.75) is 51.6 Å². The third-order valence-electron chi connectivity index (χ3n) is 3.38. The number of hydrogen-bond donors (Lipinski definition) is 3. The standard InChI is InChI=1S/C13H24N2O3/c1-2-11(16)9-15-12(17)7-8-14-13(18)10-5-3-4-6-10/h10-11,16H,2-9H2,1H3,(H,14,18)(H,15,17). The van der Waals surface area contributed by atoms with Gasteiger partial charge >= 0.3 is 0 Å². The normalized spacial score (nSPS) is 17.4. The fraction of sp³-hybridized carbons (Fsp3) is 0.846. The van der Waals surface area contributed by atoms with Crippen LogP contribution in [0, 0.1) is 5.92 Å². The molecule has 0 aromatic rings. The summed E-state index contributed by atoms with van der Waals surface area (Å²) < 4.78 is 0. The Bertz CT molecular complexity index is 275. The maximum absolute atomic E-state index is 11.7. The van der Waals surface area contributed by atoms with Gasteiger partial charge in [0.15, 0.2) is 0 Å². The molecule has 0 spiro atoms. The third kappa shape index (κ3) is 5.49. The number of hydrogen-bond acceptors (Lipinski definition) is 3. The summed E-state index contributed by atoms with van der Waals surface area (Å²) in [6.07, 6.45) is 4.62.